The quantitative estimate of drug-likeness (QED) is 0.577. The number of hydrogen-bond donors (Lipinski definition) is 0. The number of esters is 2. The second-order valence-electron chi connectivity index (χ2n) is 3.97. The molecular formula is C13H12O5. The summed E-state index contributed by atoms with van der Waals surface area (Å²) < 4.78 is 9.24. The molecular weight excluding hydrogens is 236 g/mol. The van der Waals surface area contributed by atoms with Crippen molar-refractivity contribution in [2.45, 2.75) is 6.42 Å². The highest BCUT2D eigenvalue weighted by Gasteiger charge is 2.38. The minimum absolute atomic E-state index is 0.187. The third kappa shape index (κ3) is 1.77. The summed E-state index contributed by atoms with van der Waals surface area (Å²) in [6.45, 7) is 0. The Bertz CT molecular complexity index is 532. The third-order valence-corrected chi connectivity index (χ3v) is 3.06. The van der Waals surface area contributed by atoms with Crippen molar-refractivity contribution in [3.8, 4) is 0 Å². The van der Waals surface area contributed by atoms with Crippen molar-refractivity contribution in [2.75, 3.05) is 14.2 Å². The third-order valence-electron chi connectivity index (χ3n) is 3.06. The molecule has 0 N–H and O–H groups in total. The highest BCUT2D eigenvalue weighted by molar-refractivity contribution is 6.13. The van der Waals surface area contributed by atoms with Crippen LogP contribution in [0, 0.1) is 5.92 Å². The molecule has 0 saturated carbocycles. The number of methoxy groups -OCH3 is 2. The molecule has 0 saturated heterocycles. The number of hydrogen-bond acceptors (Lipinski definition) is 5. The van der Waals surface area contributed by atoms with Gasteiger partial charge in [-0.05, 0) is 18.1 Å². The average molecular weight is 248 g/mol. The van der Waals surface area contributed by atoms with E-state index in [9.17, 15) is 14.4 Å². The number of benzene rings is 1. The van der Waals surface area contributed by atoms with Crippen molar-refractivity contribution < 1.29 is 23.9 Å². The molecule has 94 valence electrons. The molecule has 1 aromatic rings. The number of carbonyl (C=O) groups is 3. The first kappa shape index (κ1) is 12.3. The molecule has 0 fully saturated rings. The van der Waals surface area contributed by atoms with Crippen molar-refractivity contribution in [2.24, 2.45) is 5.92 Å². The molecule has 18 heavy (non-hydrogen) atoms. The van der Waals surface area contributed by atoms with E-state index in [1.165, 1.54) is 14.2 Å². The fraction of sp³-hybridized carbons (Fsp3) is 0.308. The highest BCUT2D eigenvalue weighted by atomic mass is 16.5. The van der Waals surface area contributed by atoms with Crippen LogP contribution in [-0.2, 0) is 20.7 Å². The number of ether oxygens (including phenoxy) is 2. The average Bonchev–Trinajstić information content (AvgIpc) is 2.74. The molecule has 1 atom stereocenters. The number of ketones is 1. The van der Waals surface area contributed by atoms with E-state index in [-0.39, 0.29) is 12.2 Å². The van der Waals surface area contributed by atoms with Crippen molar-refractivity contribution in [3.63, 3.8) is 0 Å². The van der Waals surface area contributed by atoms with E-state index in [0.29, 0.717) is 16.7 Å². The van der Waals surface area contributed by atoms with Crippen LogP contribution in [0.1, 0.15) is 26.3 Å². The minimum atomic E-state index is -0.851. The van der Waals surface area contributed by atoms with E-state index in [1.807, 2.05) is 0 Å². The number of fused-ring (bicyclic) bond motifs is 1. The van der Waals surface area contributed by atoms with Crippen LogP contribution in [-0.4, -0.2) is 31.9 Å². The molecule has 0 heterocycles. The standard InChI is InChI=1S/C13H12O5/c1-17-12(15)8-5-3-4-7-9(8)6-10(11(7)14)13(16)18-2/h3-5,10H,6H2,1-2H3. The molecule has 1 aromatic carbocycles. The Balaban J connectivity index is 2.45. The molecule has 1 unspecified atom stereocenters. The van der Waals surface area contributed by atoms with Crippen LogP contribution in [0.2, 0.25) is 0 Å². The Kier molecular flexibility index (Phi) is 3.14. The number of rotatable bonds is 2. The maximum absolute atomic E-state index is 12.0. The van der Waals surface area contributed by atoms with Crippen LogP contribution in [0.25, 0.3) is 0 Å². The van der Waals surface area contributed by atoms with Gasteiger partial charge < -0.3 is 9.47 Å². The molecule has 0 aliphatic heterocycles. The summed E-state index contributed by atoms with van der Waals surface area (Å²) in [7, 11) is 2.51. The zero-order valence-electron chi connectivity index (χ0n) is 10.1. The van der Waals surface area contributed by atoms with Crippen LogP contribution in [0.4, 0.5) is 0 Å². The molecule has 0 bridgehead atoms. The van der Waals surface area contributed by atoms with Crippen LogP contribution in [0.3, 0.4) is 0 Å². The van der Waals surface area contributed by atoms with Gasteiger partial charge in [0.2, 0.25) is 0 Å². The Morgan fingerprint density at radius 3 is 2.56 bits per heavy atom. The molecule has 0 radical (unpaired) electrons. The Morgan fingerprint density at radius 2 is 1.94 bits per heavy atom. The van der Waals surface area contributed by atoms with Gasteiger partial charge in [0, 0.05) is 5.56 Å². The molecule has 5 heteroatoms. The smallest absolute Gasteiger partial charge is 0.338 e. The first-order valence-electron chi connectivity index (χ1n) is 5.42. The summed E-state index contributed by atoms with van der Waals surface area (Å²) in [5, 5.41) is 0. The summed E-state index contributed by atoms with van der Waals surface area (Å²) >= 11 is 0. The lowest BCUT2D eigenvalue weighted by atomic mass is 10.0. The van der Waals surface area contributed by atoms with E-state index < -0.39 is 17.9 Å². The fourth-order valence-corrected chi connectivity index (χ4v) is 2.16. The fourth-order valence-electron chi connectivity index (χ4n) is 2.16. The van der Waals surface area contributed by atoms with Crippen molar-refractivity contribution in [1.82, 2.24) is 0 Å². The predicted molar refractivity (Wildman–Crippen MR) is 61.3 cm³/mol. The molecule has 2 rings (SSSR count). The summed E-state index contributed by atoms with van der Waals surface area (Å²) in [5.41, 5.74) is 1.29. The van der Waals surface area contributed by atoms with Gasteiger partial charge in [0.05, 0.1) is 19.8 Å². The van der Waals surface area contributed by atoms with E-state index in [2.05, 4.69) is 9.47 Å². The lowest BCUT2D eigenvalue weighted by Crippen LogP contribution is -2.21. The van der Waals surface area contributed by atoms with Crippen molar-refractivity contribution >= 4 is 17.7 Å². The first-order valence-corrected chi connectivity index (χ1v) is 5.42. The lowest BCUT2D eigenvalue weighted by Gasteiger charge is -2.05. The lowest BCUT2D eigenvalue weighted by molar-refractivity contribution is -0.143. The van der Waals surface area contributed by atoms with Crippen LogP contribution < -0.4 is 0 Å². The molecule has 0 spiro atoms. The second-order valence-corrected chi connectivity index (χ2v) is 3.97. The van der Waals surface area contributed by atoms with Gasteiger partial charge in [-0.25, -0.2) is 4.79 Å². The number of Topliss-reactive ketones (excluding diaryl/α,β-unsaturated/α-hetero) is 1. The summed E-state index contributed by atoms with van der Waals surface area (Å²) in [6, 6.07) is 4.79. The molecule has 1 aliphatic carbocycles. The van der Waals surface area contributed by atoms with E-state index in [4.69, 9.17) is 0 Å². The summed E-state index contributed by atoms with van der Waals surface area (Å²) in [4.78, 5) is 35.1. The summed E-state index contributed by atoms with van der Waals surface area (Å²) in [6.07, 6.45) is 0.187. The minimum Gasteiger partial charge on any atom is -0.468 e. The van der Waals surface area contributed by atoms with Gasteiger partial charge in [-0.2, -0.15) is 0 Å². The van der Waals surface area contributed by atoms with E-state index in [1.54, 1.807) is 18.2 Å². The normalized spacial score (nSPS) is 17.2. The SMILES string of the molecule is COC(=O)c1cccc2c1CC(C(=O)OC)C2=O. The van der Waals surface area contributed by atoms with Crippen molar-refractivity contribution in [3.05, 3.63) is 34.9 Å². The predicted octanol–water partition coefficient (Wildman–Crippen LogP) is 1.00. The van der Waals surface area contributed by atoms with Crippen LogP contribution in [0.15, 0.2) is 18.2 Å². The molecule has 1 aliphatic rings. The molecule has 0 amide bonds. The van der Waals surface area contributed by atoms with Gasteiger partial charge in [-0.1, -0.05) is 12.1 Å². The zero-order valence-corrected chi connectivity index (χ0v) is 10.1. The summed E-state index contributed by atoms with van der Waals surface area (Å²) in [5.74, 6) is -2.24. The van der Waals surface area contributed by atoms with E-state index >= 15 is 0 Å². The Morgan fingerprint density at radius 1 is 1.22 bits per heavy atom. The molecule has 0 aromatic heterocycles. The van der Waals surface area contributed by atoms with Gasteiger partial charge >= 0.3 is 11.9 Å². The van der Waals surface area contributed by atoms with Gasteiger partial charge in [-0.3, -0.25) is 9.59 Å². The maximum Gasteiger partial charge on any atom is 0.338 e. The van der Waals surface area contributed by atoms with Gasteiger partial charge in [0.15, 0.2) is 5.78 Å². The van der Waals surface area contributed by atoms with E-state index in [0.717, 1.165) is 0 Å². The second kappa shape index (κ2) is 4.60. The topological polar surface area (TPSA) is 69.7 Å². The van der Waals surface area contributed by atoms with Crippen molar-refractivity contribution in [1.29, 1.82) is 0 Å². The first-order chi connectivity index (χ1) is 8.60. The van der Waals surface area contributed by atoms with Gasteiger partial charge in [-0.15, -0.1) is 0 Å². The number of carbonyl (C=O) groups excluding carboxylic acids is 3. The monoisotopic (exact) mass is 248 g/mol. The largest absolute Gasteiger partial charge is 0.468 e. The Hall–Kier alpha value is -2.17. The van der Waals surface area contributed by atoms with Gasteiger partial charge in [0.25, 0.3) is 0 Å². The van der Waals surface area contributed by atoms with Crippen LogP contribution in [0.5, 0.6) is 0 Å². The highest BCUT2D eigenvalue weighted by Crippen LogP contribution is 2.30. The van der Waals surface area contributed by atoms with Gasteiger partial charge in [0.1, 0.15) is 5.92 Å². The van der Waals surface area contributed by atoms with Crippen LogP contribution >= 0.6 is 0 Å². The zero-order chi connectivity index (χ0) is 13.3. The molecule has 5 nitrogen and oxygen atoms in total. The maximum atomic E-state index is 12.0. The Labute approximate surface area is 104 Å².